The number of benzene rings is 1. The van der Waals surface area contributed by atoms with E-state index in [1.807, 2.05) is 24.3 Å². The first-order valence-corrected chi connectivity index (χ1v) is 8.52. The number of halogens is 5. The van der Waals surface area contributed by atoms with E-state index in [1.54, 1.807) is 0 Å². The lowest BCUT2D eigenvalue weighted by atomic mass is 9.78. The molecule has 5 heteroatoms. The Kier molecular flexibility index (Phi) is 5.57. The van der Waals surface area contributed by atoms with Crippen molar-refractivity contribution >= 4 is 31.9 Å². The summed E-state index contributed by atoms with van der Waals surface area (Å²) in [4.78, 5) is 0.113. The standard InChI is InChI=1S/C15H17Br2F3/c16-13-6-1-3-10(7-13)8-14(17)11-4-2-5-12(9-11)15(18,19)20/h1,3,6-7,11-12,14H,2,4-5,8-9H2. The molecule has 0 amide bonds. The predicted octanol–water partition coefficient (Wildman–Crippen LogP) is 6.12. The molecule has 1 fully saturated rings. The van der Waals surface area contributed by atoms with Crippen LogP contribution in [-0.2, 0) is 6.42 Å². The zero-order chi connectivity index (χ0) is 14.8. The Morgan fingerprint density at radius 1 is 1.25 bits per heavy atom. The van der Waals surface area contributed by atoms with Crippen LogP contribution in [0.25, 0.3) is 0 Å². The van der Waals surface area contributed by atoms with E-state index in [0.717, 1.165) is 22.9 Å². The molecular formula is C15H17Br2F3. The van der Waals surface area contributed by atoms with Crippen molar-refractivity contribution in [3.05, 3.63) is 34.3 Å². The second-order valence-electron chi connectivity index (χ2n) is 5.52. The maximum atomic E-state index is 12.8. The third-order valence-corrected chi connectivity index (χ3v) is 5.57. The Labute approximate surface area is 134 Å². The molecule has 20 heavy (non-hydrogen) atoms. The van der Waals surface area contributed by atoms with Crippen LogP contribution in [0.4, 0.5) is 13.2 Å². The third kappa shape index (κ3) is 4.48. The van der Waals surface area contributed by atoms with Gasteiger partial charge in [-0.2, -0.15) is 13.2 Å². The van der Waals surface area contributed by atoms with E-state index in [2.05, 4.69) is 31.9 Å². The van der Waals surface area contributed by atoms with Gasteiger partial charge in [-0.25, -0.2) is 0 Å². The molecule has 1 aliphatic rings. The van der Waals surface area contributed by atoms with Crippen LogP contribution < -0.4 is 0 Å². The monoisotopic (exact) mass is 412 g/mol. The smallest absolute Gasteiger partial charge is 0.171 e. The molecule has 112 valence electrons. The largest absolute Gasteiger partial charge is 0.391 e. The summed E-state index contributed by atoms with van der Waals surface area (Å²) >= 11 is 7.03. The van der Waals surface area contributed by atoms with Crippen LogP contribution in [0.2, 0.25) is 0 Å². The third-order valence-electron chi connectivity index (χ3n) is 4.01. The van der Waals surface area contributed by atoms with Crippen LogP contribution >= 0.6 is 31.9 Å². The van der Waals surface area contributed by atoms with Gasteiger partial charge >= 0.3 is 6.18 Å². The van der Waals surface area contributed by atoms with E-state index in [4.69, 9.17) is 0 Å². The van der Waals surface area contributed by atoms with Crippen molar-refractivity contribution in [2.75, 3.05) is 0 Å². The number of hydrogen-bond donors (Lipinski definition) is 0. The molecule has 0 radical (unpaired) electrons. The summed E-state index contributed by atoms with van der Waals surface area (Å²) in [5, 5.41) is 0. The SMILES string of the molecule is FC(F)(F)C1CCCC(C(Br)Cc2cccc(Br)c2)C1. The molecule has 0 N–H and O–H groups in total. The average Bonchev–Trinajstić information content (AvgIpc) is 2.38. The van der Waals surface area contributed by atoms with Gasteiger partial charge in [-0.05, 0) is 49.3 Å². The summed E-state index contributed by atoms with van der Waals surface area (Å²) in [7, 11) is 0. The van der Waals surface area contributed by atoms with Crippen LogP contribution in [0.5, 0.6) is 0 Å². The maximum Gasteiger partial charge on any atom is 0.391 e. The lowest BCUT2D eigenvalue weighted by Crippen LogP contribution is -2.32. The van der Waals surface area contributed by atoms with Crippen molar-refractivity contribution in [1.82, 2.24) is 0 Å². The fourth-order valence-corrected chi connectivity index (χ4v) is 4.21. The molecule has 1 aliphatic carbocycles. The van der Waals surface area contributed by atoms with Crippen molar-refractivity contribution in [3.8, 4) is 0 Å². The number of hydrogen-bond acceptors (Lipinski definition) is 0. The molecule has 0 aliphatic heterocycles. The van der Waals surface area contributed by atoms with Gasteiger partial charge in [0, 0.05) is 9.30 Å². The summed E-state index contributed by atoms with van der Waals surface area (Å²) in [6.07, 6.45) is -1.16. The zero-order valence-corrected chi connectivity index (χ0v) is 14.1. The van der Waals surface area contributed by atoms with Crippen LogP contribution in [0.1, 0.15) is 31.2 Å². The van der Waals surface area contributed by atoms with Gasteiger partial charge in [-0.15, -0.1) is 0 Å². The Hall–Kier alpha value is -0.0300. The summed E-state index contributed by atoms with van der Waals surface area (Å²) < 4.78 is 39.5. The fourth-order valence-electron chi connectivity index (χ4n) is 2.91. The topological polar surface area (TPSA) is 0 Å². The highest BCUT2D eigenvalue weighted by Crippen LogP contribution is 2.42. The second kappa shape index (κ2) is 6.82. The van der Waals surface area contributed by atoms with Gasteiger partial charge in [0.25, 0.3) is 0 Å². The van der Waals surface area contributed by atoms with Crippen molar-refractivity contribution in [2.45, 2.75) is 43.1 Å². The number of alkyl halides is 4. The van der Waals surface area contributed by atoms with Crippen molar-refractivity contribution in [1.29, 1.82) is 0 Å². The zero-order valence-electron chi connectivity index (χ0n) is 11.0. The van der Waals surface area contributed by atoms with E-state index in [1.165, 1.54) is 0 Å². The molecule has 3 atom stereocenters. The minimum absolute atomic E-state index is 0.106. The molecule has 2 rings (SSSR count). The lowest BCUT2D eigenvalue weighted by molar-refractivity contribution is -0.185. The minimum atomic E-state index is -4.04. The Morgan fingerprint density at radius 2 is 2.00 bits per heavy atom. The maximum absolute atomic E-state index is 12.8. The Balaban J connectivity index is 1.97. The van der Waals surface area contributed by atoms with E-state index < -0.39 is 12.1 Å². The molecule has 1 aromatic rings. The second-order valence-corrected chi connectivity index (χ2v) is 7.61. The summed E-state index contributed by atoms with van der Waals surface area (Å²) in [5.41, 5.74) is 1.15. The van der Waals surface area contributed by atoms with Gasteiger partial charge in [0.1, 0.15) is 0 Å². The molecule has 1 aromatic carbocycles. The highest BCUT2D eigenvalue weighted by Gasteiger charge is 2.43. The van der Waals surface area contributed by atoms with Crippen LogP contribution in [0.3, 0.4) is 0 Å². The Bertz CT molecular complexity index is 445. The van der Waals surface area contributed by atoms with E-state index in [9.17, 15) is 13.2 Å². The fraction of sp³-hybridized carbons (Fsp3) is 0.600. The van der Waals surface area contributed by atoms with Gasteiger partial charge in [-0.3, -0.25) is 0 Å². The lowest BCUT2D eigenvalue weighted by Gasteiger charge is -2.33. The molecule has 1 saturated carbocycles. The van der Waals surface area contributed by atoms with Gasteiger partial charge in [0.05, 0.1) is 5.92 Å². The normalized spacial score (nSPS) is 25.4. The molecule has 0 saturated heterocycles. The molecule has 0 nitrogen and oxygen atoms in total. The van der Waals surface area contributed by atoms with Crippen LogP contribution in [-0.4, -0.2) is 11.0 Å². The van der Waals surface area contributed by atoms with Gasteiger partial charge in [0.2, 0.25) is 0 Å². The summed E-state index contributed by atoms with van der Waals surface area (Å²) in [5.74, 6) is -1.02. The first-order valence-electron chi connectivity index (χ1n) is 6.81. The van der Waals surface area contributed by atoms with Crippen molar-refractivity contribution in [3.63, 3.8) is 0 Å². The molecule has 0 aromatic heterocycles. The van der Waals surface area contributed by atoms with Gasteiger partial charge in [-0.1, -0.05) is 50.4 Å². The molecule has 0 heterocycles. The highest BCUT2D eigenvalue weighted by molar-refractivity contribution is 9.10. The van der Waals surface area contributed by atoms with E-state index >= 15 is 0 Å². The van der Waals surface area contributed by atoms with Crippen molar-refractivity contribution < 1.29 is 13.2 Å². The predicted molar refractivity (Wildman–Crippen MR) is 82.1 cm³/mol. The minimum Gasteiger partial charge on any atom is -0.171 e. The first-order chi connectivity index (χ1) is 9.36. The van der Waals surface area contributed by atoms with Crippen LogP contribution in [0.15, 0.2) is 28.7 Å². The Morgan fingerprint density at radius 3 is 2.65 bits per heavy atom. The van der Waals surface area contributed by atoms with E-state index in [0.29, 0.717) is 6.42 Å². The summed E-state index contributed by atoms with van der Waals surface area (Å²) in [6, 6.07) is 7.95. The summed E-state index contributed by atoms with van der Waals surface area (Å²) in [6.45, 7) is 0. The van der Waals surface area contributed by atoms with Crippen LogP contribution in [0, 0.1) is 11.8 Å². The number of rotatable bonds is 3. The molecule has 3 unspecified atom stereocenters. The van der Waals surface area contributed by atoms with E-state index in [-0.39, 0.29) is 23.6 Å². The van der Waals surface area contributed by atoms with Gasteiger partial charge in [0.15, 0.2) is 0 Å². The molecular weight excluding hydrogens is 397 g/mol. The average molecular weight is 414 g/mol. The molecule has 0 bridgehead atoms. The highest BCUT2D eigenvalue weighted by atomic mass is 79.9. The van der Waals surface area contributed by atoms with Crippen molar-refractivity contribution in [2.24, 2.45) is 11.8 Å². The quantitative estimate of drug-likeness (QED) is 0.523. The molecule has 0 spiro atoms. The first kappa shape index (κ1) is 16.3. The van der Waals surface area contributed by atoms with Gasteiger partial charge < -0.3 is 0 Å².